The van der Waals surface area contributed by atoms with E-state index in [1.807, 2.05) is 64.7 Å². The average Bonchev–Trinajstić information content (AvgIpc) is 3.77. The van der Waals surface area contributed by atoms with Gasteiger partial charge in [-0.25, -0.2) is 9.48 Å². The van der Waals surface area contributed by atoms with E-state index in [-0.39, 0.29) is 23.9 Å². The summed E-state index contributed by atoms with van der Waals surface area (Å²) in [6.07, 6.45) is 0.710. The molecule has 0 aliphatic carbocycles. The molecule has 4 heterocycles. The minimum absolute atomic E-state index is 0.0416. The summed E-state index contributed by atoms with van der Waals surface area (Å²) in [5.41, 5.74) is 5.17. The number of aromatic amines is 1. The molecule has 0 bridgehead atoms. The van der Waals surface area contributed by atoms with Crippen molar-refractivity contribution in [3.63, 3.8) is 0 Å². The van der Waals surface area contributed by atoms with Gasteiger partial charge in [-0.05, 0) is 78.2 Å². The molecular formula is C37H39N7O5S. The van der Waals surface area contributed by atoms with Crippen LogP contribution in [0.4, 0.5) is 10.5 Å². The van der Waals surface area contributed by atoms with Gasteiger partial charge in [-0.15, -0.1) is 16.4 Å². The first kappa shape index (κ1) is 33.4. The van der Waals surface area contributed by atoms with Crippen LogP contribution in [0.5, 0.6) is 5.75 Å². The second-order valence-electron chi connectivity index (χ2n) is 12.6. The summed E-state index contributed by atoms with van der Waals surface area (Å²) in [5.74, 6) is -0.0416. The number of aliphatic hydroxyl groups is 1. The number of nitrogens with one attached hydrogen (secondary N) is 2. The zero-order valence-corrected chi connectivity index (χ0v) is 28.2. The van der Waals surface area contributed by atoms with Crippen LogP contribution in [0.2, 0.25) is 0 Å². The van der Waals surface area contributed by atoms with Crippen molar-refractivity contribution in [1.29, 1.82) is 0 Å². The highest BCUT2D eigenvalue weighted by atomic mass is 32.1. The summed E-state index contributed by atoms with van der Waals surface area (Å²) in [7, 11) is 0. The first-order valence-corrected chi connectivity index (χ1v) is 17.7. The quantitative estimate of drug-likeness (QED) is 0.110. The Morgan fingerprint density at radius 1 is 1.04 bits per heavy atom. The van der Waals surface area contributed by atoms with E-state index in [1.54, 1.807) is 28.4 Å². The molecule has 7 rings (SSSR count). The van der Waals surface area contributed by atoms with Crippen molar-refractivity contribution >= 4 is 45.1 Å². The Morgan fingerprint density at radius 3 is 2.66 bits per heavy atom. The Bertz CT molecular complexity index is 2160. The number of aromatic hydroxyl groups is 1. The van der Waals surface area contributed by atoms with Gasteiger partial charge in [0, 0.05) is 50.2 Å². The topological polar surface area (TPSA) is 160 Å². The third-order valence-electron chi connectivity index (χ3n) is 9.42. The second kappa shape index (κ2) is 14.8. The van der Waals surface area contributed by atoms with Crippen molar-refractivity contribution in [2.75, 3.05) is 31.1 Å². The number of aliphatic hydroxyl groups excluding tert-OH is 1. The van der Waals surface area contributed by atoms with Crippen molar-refractivity contribution < 1.29 is 20.1 Å². The molecule has 13 heteroatoms. The fraction of sp³-hybridized carbons (Fsp3) is 0.297. The number of nitrogens with zero attached hydrogens (tertiary/aromatic N) is 5. The Morgan fingerprint density at radius 2 is 1.86 bits per heavy atom. The van der Waals surface area contributed by atoms with Crippen LogP contribution < -0.4 is 15.8 Å². The van der Waals surface area contributed by atoms with Crippen LogP contribution in [0.25, 0.3) is 32.4 Å². The van der Waals surface area contributed by atoms with E-state index in [0.717, 1.165) is 78.2 Å². The van der Waals surface area contributed by atoms with Crippen molar-refractivity contribution in [1.82, 2.24) is 30.2 Å². The summed E-state index contributed by atoms with van der Waals surface area (Å²) in [5, 5.41) is 45.8. The molecule has 258 valence electrons. The number of aromatic nitrogens is 4. The molecule has 0 saturated carbocycles. The van der Waals surface area contributed by atoms with Gasteiger partial charge in [-0.2, -0.15) is 0 Å². The molecule has 3 aromatic carbocycles. The SMILES string of the molecule is O=C(O)N(c1ccsc1-c1ccccc1)C1CCN(CCCn2nnc3cc(CNC[C@@H](O)c4ccc(O)c5[nH]c(=O)ccc45)ccc32)CC1. The number of rotatable bonds is 12. The van der Waals surface area contributed by atoms with Crippen LogP contribution >= 0.6 is 11.3 Å². The third kappa shape index (κ3) is 7.12. The molecule has 50 heavy (non-hydrogen) atoms. The molecule has 1 aliphatic heterocycles. The molecule has 0 unspecified atom stereocenters. The van der Waals surface area contributed by atoms with E-state index in [4.69, 9.17) is 0 Å². The number of fused-ring (bicyclic) bond motifs is 2. The Kier molecular flexibility index (Phi) is 9.90. The number of anilines is 1. The van der Waals surface area contributed by atoms with Crippen molar-refractivity contribution in [2.24, 2.45) is 0 Å². The molecule has 0 spiro atoms. The predicted molar refractivity (Wildman–Crippen MR) is 195 cm³/mol. The van der Waals surface area contributed by atoms with E-state index >= 15 is 0 Å². The van der Waals surface area contributed by atoms with Crippen LogP contribution in [-0.2, 0) is 13.1 Å². The largest absolute Gasteiger partial charge is 0.506 e. The number of likely N-dealkylation sites (tertiary alicyclic amines) is 1. The number of piperidine rings is 1. The summed E-state index contributed by atoms with van der Waals surface area (Å²) in [6, 6.07) is 24.0. The van der Waals surface area contributed by atoms with Gasteiger partial charge in [-0.1, -0.05) is 47.7 Å². The minimum Gasteiger partial charge on any atom is -0.506 e. The molecule has 6 aromatic rings. The van der Waals surface area contributed by atoms with Crippen molar-refractivity contribution in [2.45, 2.75) is 44.5 Å². The zero-order chi connectivity index (χ0) is 34.6. The number of carboxylic acid groups (broad SMARTS) is 1. The molecule has 1 aliphatic rings. The summed E-state index contributed by atoms with van der Waals surface area (Å²) in [6.45, 7) is 4.09. The molecule has 1 atom stereocenters. The molecule has 12 nitrogen and oxygen atoms in total. The number of phenolic OH excluding ortho intramolecular Hbond substituents is 1. The van der Waals surface area contributed by atoms with Crippen molar-refractivity contribution in [3.05, 3.63) is 106 Å². The summed E-state index contributed by atoms with van der Waals surface area (Å²) < 4.78 is 1.93. The number of thiophene rings is 1. The lowest BCUT2D eigenvalue weighted by atomic mass is 10.0. The van der Waals surface area contributed by atoms with Crippen LogP contribution in [0, 0.1) is 0 Å². The van der Waals surface area contributed by atoms with Gasteiger partial charge in [-0.3, -0.25) is 9.69 Å². The number of carbonyl (C=O) groups is 1. The maximum absolute atomic E-state index is 12.5. The average molecular weight is 694 g/mol. The van der Waals surface area contributed by atoms with Crippen LogP contribution in [0.3, 0.4) is 0 Å². The highest BCUT2D eigenvalue weighted by Gasteiger charge is 2.31. The first-order chi connectivity index (χ1) is 24.4. The molecule has 3 aromatic heterocycles. The van der Waals surface area contributed by atoms with Gasteiger partial charge in [0.2, 0.25) is 5.56 Å². The molecule has 5 N–H and O–H groups in total. The number of hydrogen-bond donors (Lipinski definition) is 5. The van der Waals surface area contributed by atoms with E-state index in [0.29, 0.717) is 23.0 Å². The second-order valence-corrected chi connectivity index (χ2v) is 13.6. The third-order valence-corrected chi connectivity index (χ3v) is 10.4. The maximum atomic E-state index is 12.5. The van der Waals surface area contributed by atoms with E-state index in [2.05, 4.69) is 25.5 Å². The lowest BCUT2D eigenvalue weighted by Crippen LogP contribution is -2.47. The van der Waals surface area contributed by atoms with Crippen LogP contribution in [0.15, 0.2) is 89.0 Å². The number of H-pyrrole nitrogens is 1. The molecular weight excluding hydrogens is 655 g/mol. The first-order valence-electron chi connectivity index (χ1n) is 16.8. The number of hydrogen-bond acceptors (Lipinski definition) is 9. The van der Waals surface area contributed by atoms with Crippen molar-refractivity contribution in [3.8, 4) is 16.2 Å². The molecule has 1 fully saturated rings. The van der Waals surface area contributed by atoms with E-state index in [1.165, 1.54) is 12.1 Å². The minimum atomic E-state index is -0.906. The Hall–Kier alpha value is -5.08. The summed E-state index contributed by atoms with van der Waals surface area (Å²) >= 11 is 1.57. The maximum Gasteiger partial charge on any atom is 0.412 e. The van der Waals surface area contributed by atoms with Gasteiger partial charge in [0.15, 0.2) is 0 Å². The Labute approximate surface area is 292 Å². The van der Waals surface area contributed by atoms with Crippen LogP contribution in [0.1, 0.15) is 36.5 Å². The lowest BCUT2D eigenvalue weighted by Gasteiger charge is -2.37. The number of benzene rings is 3. The number of phenols is 1. The smallest absolute Gasteiger partial charge is 0.412 e. The Balaban J connectivity index is 0.894. The lowest BCUT2D eigenvalue weighted by molar-refractivity contribution is 0.176. The van der Waals surface area contributed by atoms with Gasteiger partial charge in [0.05, 0.1) is 27.7 Å². The van der Waals surface area contributed by atoms with Gasteiger partial charge >= 0.3 is 6.09 Å². The molecule has 0 radical (unpaired) electrons. The van der Waals surface area contributed by atoms with E-state index < -0.39 is 12.2 Å². The fourth-order valence-corrected chi connectivity index (χ4v) is 7.80. The zero-order valence-electron chi connectivity index (χ0n) is 27.4. The van der Waals surface area contributed by atoms with E-state index in [9.17, 15) is 24.9 Å². The summed E-state index contributed by atoms with van der Waals surface area (Å²) in [4.78, 5) is 31.8. The van der Waals surface area contributed by atoms with Gasteiger partial charge in [0.25, 0.3) is 0 Å². The van der Waals surface area contributed by atoms with Gasteiger partial charge < -0.3 is 30.5 Å². The molecule has 1 amide bonds. The van der Waals surface area contributed by atoms with Crippen LogP contribution in [-0.4, -0.2) is 78.5 Å². The standard InChI is InChI=1S/C37H39N7O5S/c45-32-11-8-27(28-9-12-34(47)39-35(28)32)33(46)23-38-22-24-7-10-30-29(21-24)40-41-43(30)17-4-16-42-18-13-26(14-19-42)44(37(48)49)31-15-20-50-36(31)25-5-2-1-3-6-25/h1-3,5-12,15,20-21,26,33,38,45-46H,4,13-14,16-19,22-23H2,(H,39,47)(H,48,49)/t33-/m1/s1. The highest BCUT2D eigenvalue weighted by molar-refractivity contribution is 7.14. The monoisotopic (exact) mass is 693 g/mol. The number of aryl methyl sites for hydroxylation is 1. The van der Waals surface area contributed by atoms with Gasteiger partial charge in [0.1, 0.15) is 11.3 Å². The predicted octanol–water partition coefficient (Wildman–Crippen LogP) is 5.57. The molecule has 1 saturated heterocycles. The highest BCUT2D eigenvalue weighted by Crippen LogP contribution is 2.38. The normalized spacial score (nSPS) is 14.7. The fourth-order valence-electron chi connectivity index (χ4n) is 6.90. The number of pyridine rings is 1. The number of amides is 1.